The first-order chi connectivity index (χ1) is 67.7. The van der Waals surface area contributed by atoms with E-state index in [1.807, 2.05) is 251 Å². The molecular formula is C104H94N30O6. The minimum atomic E-state index is -0.835. The second-order valence-electron chi connectivity index (χ2n) is 33.3. The Morgan fingerprint density at radius 1 is 0.343 bits per heavy atom. The molecule has 0 spiro atoms. The van der Waals surface area contributed by atoms with Gasteiger partial charge in [0, 0.05) is 0 Å². The summed E-state index contributed by atoms with van der Waals surface area (Å²) >= 11 is 0. The SMILES string of the molecule is CNCC#Cc1nn(Cc2nc3cccc(C)c3c(=O)n2-c2ccccc2C)c2ncnc(N)c12.Cc1ccccc1-n1c(Cn2nc(C#CCN(C)C)c3c(N)ncnc32)nc2cccc(C)c2c1=O.Cc1ccccc1-n1c(Cn2nc(C#CCO)c3c(N)ncnc32)nc2cccc(C)c2c1=O.Cc1ccccc1-n1c(Cn2nc(C#C[C@H](C)O)c3c(N)ncnc32)nc2cccc(C)c2c1=O. The third-order valence-electron chi connectivity index (χ3n) is 23.3. The summed E-state index contributed by atoms with van der Waals surface area (Å²) < 4.78 is 13.2. The highest BCUT2D eigenvalue weighted by atomic mass is 16.3. The zero-order valence-electron chi connectivity index (χ0n) is 78.5. The Hall–Kier alpha value is -18.2. The Labute approximate surface area is 799 Å². The van der Waals surface area contributed by atoms with Gasteiger partial charge in [-0.2, -0.15) is 20.4 Å². The van der Waals surface area contributed by atoms with Gasteiger partial charge in [-0.1, -0.05) is 145 Å². The molecule has 0 unspecified atom stereocenters. The van der Waals surface area contributed by atoms with Crippen LogP contribution in [-0.4, -0.2) is 179 Å². The maximum Gasteiger partial charge on any atom is 0.266 e. The van der Waals surface area contributed by atoms with E-state index in [-0.39, 0.29) is 66.7 Å². The van der Waals surface area contributed by atoms with E-state index in [0.29, 0.717) is 159 Å². The van der Waals surface area contributed by atoms with Crippen molar-refractivity contribution in [3.63, 3.8) is 0 Å². The molecule has 0 amide bonds. The van der Waals surface area contributed by atoms with Crippen LogP contribution in [0.15, 0.2) is 214 Å². The number of nitrogens with zero attached hydrogens (tertiary/aromatic N) is 25. The summed E-state index contributed by atoms with van der Waals surface area (Å²) in [7, 11) is 5.71. The van der Waals surface area contributed by atoms with Crippen LogP contribution in [-0.2, 0) is 26.2 Å². The first kappa shape index (κ1) is 93.6. The first-order valence-corrected chi connectivity index (χ1v) is 44.4. The van der Waals surface area contributed by atoms with Gasteiger partial charge in [-0.15, -0.1) is 0 Å². The third kappa shape index (κ3) is 18.6. The van der Waals surface area contributed by atoms with Crippen LogP contribution >= 0.6 is 0 Å². The molecule has 0 aliphatic heterocycles. The molecule has 1 atom stereocenters. The number of nitrogens with two attached hydrogens (primary N) is 4. The van der Waals surface area contributed by atoms with E-state index >= 15 is 0 Å². The smallest absolute Gasteiger partial charge is 0.266 e. The monoisotopic (exact) mass is 1860 g/mol. The van der Waals surface area contributed by atoms with Gasteiger partial charge in [0.25, 0.3) is 22.2 Å². The van der Waals surface area contributed by atoms with Crippen molar-refractivity contribution in [2.45, 2.75) is 94.6 Å². The number of fused-ring (bicyclic) bond motifs is 8. The second-order valence-corrected chi connectivity index (χ2v) is 33.3. The molecule has 20 rings (SSSR count). The van der Waals surface area contributed by atoms with Crippen LogP contribution in [0, 0.1) is 103 Å². The van der Waals surface area contributed by atoms with Gasteiger partial charge in [-0.05, 0) is 200 Å². The molecule has 0 saturated heterocycles. The van der Waals surface area contributed by atoms with E-state index in [0.717, 1.165) is 67.3 Å². The van der Waals surface area contributed by atoms with Crippen molar-refractivity contribution in [1.29, 1.82) is 0 Å². The van der Waals surface area contributed by atoms with Gasteiger partial charge in [0.15, 0.2) is 22.6 Å². The maximum absolute atomic E-state index is 13.9. The molecule has 0 aliphatic carbocycles. The largest absolute Gasteiger partial charge is 0.384 e. The van der Waals surface area contributed by atoms with Gasteiger partial charge < -0.3 is 38.5 Å². The molecule has 0 saturated carbocycles. The molecule has 12 heterocycles. The van der Waals surface area contributed by atoms with Crippen molar-refractivity contribution in [3.8, 4) is 70.1 Å². The fourth-order valence-electron chi connectivity index (χ4n) is 16.7. The number of hydrogen-bond donors (Lipinski definition) is 7. The number of para-hydroxylation sites is 4. The predicted molar refractivity (Wildman–Crippen MR) is 541 cm³/mol. The summed E-state index contributed by atoms with van der Waals surface area (Å²) in [6, 6.07) is 53.4. The molecule has 696 valence electrons. The molecule has 8 aromatic carbocycles. The van der Waals surface area contributed by atoms with Crippen LogP contribution in [0.1, 0.15) is 97.5 Å². The van der Waals surface area contributed by atoms with Gasteiger partial charge in [0.1, 0.15) is 134 Å². The van der Waals surface area contributed by atoms with Crippen LogP contribution in [0.4, 0.5) is 23.3 Å². The molecule has 0 aliphatic rings. The number of aliphatic hydroxyl groups excluding tert-OH is 2. The van der Waals surface area contributed by atoms with Crippen molar-refractivity contribution >= 4 is 111 Å². The lowest BCUT2D eigenvalue weighted by molar-refractivity contribution is 0.253. The number of aliphatic hydroxyl groups is 2. The quantitative estimate of drug-likeness (QED) is 0.0498. The zero-order valence-corrected chi connectivity index (χ0v) is 78.5. The van der Waals surface area contributed by atoms with Crippen LogP contribution in [0.5, 0.6) is 0 Å². The number of anilines is 4. The van der Waals surface area contributed by atoms with E-state index in [1.165, 1.54) is 25.3 Å². The standard InChI is InChI=1S/C27H26N8O.C26H24N8O.C26H23N7O2.C25H21N7O2/c1-17-9-5-6-13-21(17)35-22(31-19-11-7-10-18(2)23(19)27(35)36)15-34-26-24(25(28)29-16-30-26)20(32-34)12-8-14-33(3)4;1-16-8-4-5-12-20(16)34-21(31-18-10-6-9-17(2)22(18)26(34)35)14-33-25-23(24(27)29-15-30-25)19(32-33)11-7-13-28-3;1-15-7-4-5-10-20(15)33-21(30-18-9-6-8-16(2)22(18)26(33)35)13-32-25-23(24(27)28-14-29-25)19(31-32)12-11-17(3)34;1-15-7-3-4-11-19(15)32-20(29-17-9-5-8-16(2)21(17)25(32)34)13-31-24-22(23(26)27-14-28-24)18(30-31)10-6-12-33/h5-7,9-11,13,16H,14-15H2,1-4H3,(H2,28,29,30);4-6,8-10,12,15,28H,13-14H2,1-3H3,(H2,27,29,30);4-10,14,17,34H,13H2,1-3H3,(H2,27,28,29);3-5,7-9,11,14,33H,12-13H2,1-2H3,(H2,26,27,28)/t;;17-;/m..0./s1. The number of rotatable bonds is 14. The van der Waals surface area contributed by atoms with Crippen LogP contribution < -0.4 is 50.5 Å². The van der Waals surface area contributed by atoms with Gasteiger partial charge in [-0.25, -0.2) is 78.5 Å². The van der Waals surface area contributed by atoms with Crippen LogP contribution in [0.2, 0.25) is 0 Å². The number of aromatic nitrogens is 24. The Morgan fingerprint density at radius 3 is 0.857 bits per heavy atom. The molecule has 0 bridgehead atoms. The lowest BCUT2D eigenvalue weighted by Gasteiger charge is -2.16. The van der Waals surface area contributed by atoms with Crippen molar-refractivity contribution in [1.82, 2.24) is 127 Å². The van der Waals surface area contributed by atoms with E-state index in [1.54, 1.807) is 43.9 Å². The molecule has 0 radical (unpaired) electrons. The average Bonchev–Trinajstić information content (AvgIpc) is 1.53. The highest BCUT2D eigenvalue weighted by Crippen LogP contribution is 2.31. The topological polar surface area (TPSA) is 474 Å². The molecule has 36 heteroatoms. The highest BCUT2D eigenvalue weighted by molar-refractivity contribution is 5.94. The van der Waals surface area contributed by atoms with E-state index in [2.05, 4.69) is 108 Å². The minimum Gasteiger partial charge on any atom is -0.384 e. The molecular weight excluding hydrogens is 1770 g/mol. The molecule has 11 N–H and O–H groups in total. The summed E-state index contributed by atoms with van der Waals surface area (Å²) in [5.41, 5.74) is 40.4. The summed E-state index contributed by atoms with van der Waals surface area (Å²) in [6.45, 7) is 18.5. The summed E-state index contributed by atoms with van der Waals surface area (Å²) in [4.78, 5) is 111. The number of aryl methyl sites for hydroxylation is 8. The number of nitrogen functional groups attached to an aromatic ring is 4. The Balaban J connectivity index is 0.000000129. The van der Waals surface area contributed by atoms with Gasteiger partial charge >= 0.3 is 0 Å². The Morgan fingerprint density at radius 2 is 0.600 bits per heavy atom. The lowest BCUT2D eigenvalue weighted by atomic mass is 10.1. The summed E-state index contributed by atoms with van der Waals surface area (Å²) in [5.74, 6) is 26.3. The summed E-state index contributed by atoms with van der Waals surface area (Å²) in [6.07, 6.45) is 4.67. The average molecular weight is 1860 g/mol. The molecule has 140 heavy (non-hydrogen) atoms. The third-order valence-corrected chi connectivity index (χ3v) is 23.3. The van der Waals surface area contributed by atoms with Gasteiger partial charge in [0.2, 0.25) is 0 Å². The lowest BCUT2D eigenvalue weighted by Crippen LogP contribution is -2.26. The Kier molecular flexibility index (Phi) is 26.8. The second kappa shape index (κ2) is 40.2. The van der Waals surface area contributed by atoms with Gasteiger partial charge in [0.05, 0.1) is 101 Å². The fraction of sp³-hybridized carbons (Fsp3) is 0.192. The predicted octanol–water partition coefficient (Wildman–Crippen LogP) is 9.65. The fourth-order valence-corrected chi connectivity index (χ4v) is 16.7. The van der Waals surface area contributed by atoms with E-state index in [4.69, 9.17) is 53.1 Å². The van der Waals surface area contributed by atoms with E-state index in [9.17, 15) is 24.3 Å². The number of benzene rings is 8. The molecule has 0 fully saturated rings. The number of nitrogens with one attached hydrogen (secondary N) is 1. The van der Waals surface area contributed by atoms with Crippen molar-refractivity contribution < 1.29 is 10.2 Å². The van der Waals surface area contributed by atoms with Crippen molar-refractivity contribution in [2.75, 3.05) is 63.8 Å². The minimum absolute atomic E-state index is 0.126. The van der Waals surface area contributed by atoms with E-state index < -0.39 is 6.10 Å². The zero-order chi connectivity index (χ0) is 98.4. The Bertz CT molecular complexity index is 8900. The molecule has 20 aromatic rings. The summed E-state index contributed by atoms with van der Waals surface area (Å²) in [5, 5.41) is 44.8. The van der Waals surface area contributed by atoms with Crippen molar-refractivity contribution in [3.05, 3.63) is 327 Å². The molecule has 12 aromatic heterocycles. The van der Waals surface area contributed by atoms with Gasteiger partial charge in [-0.3, -0.25) is 42.3 Å². The highest BCUT2D eigenvalue weighted by Gasteiger charge is 2.27. The molecule has 36 nitrogen and oxygen atoms in total. The van der Waals surface area contributed by atoms with Crippen molar-refractivity contribution in [2.24, 2.45) is 0 Å². The van der Waals surface area contributed by atoms with Crippen LogP contribution in [0.3, 0.4) is 0 Å². The van der Waals surface area contributed by atoms with Crippen LogP contribution in [0.25, 0.3) is 110 Å². The normalized spacial score (nSPS) is 11.3. The first-order valence-electron chi connectivity index (χ1n) is 44.4. The number of hydrogen-bond acceptors (Lipinski definition) is 28. The maximum atomic E-state index is 13.9.